The van der Waals surface area contributed by atoms with Crippen LogP contribution in [0, 0.1) is 6.92 Å². The second kappa shape index (κ2) is 9.88. The number of carbonyl (C=O) groups is 2. The van der Waals surface area contributed by atoms with Gasteiger partial charge in [0.25, 0.3) is 0 Å². The molecule has 1 saturated heterocycles. The van der Waals surface area contributed by atoms with Crippen molar-refractivity contribution in [2.45, 2.75) is 77.1 Å². The standard InChI is InChI=1S/C25H29NO4S/c1-16(12-20-15-31-17(2)26-20)22-14-23-25(30-23)19-8-3-6-18(13-19)7-4-9-21(27)10-5-11-24(28)29-22/h3,6,8,12-13,15,22-23,25H,4-5,7,9-11,14H2,1-2H3. The van der Waals surface area contributed by atoms with Crippen LogP contribution in [-0.4, -0.2) is 28.9 Å². The fourth-order valence-electron chi connectivity index (χ4n) is 4.11. The van der Waals surface area contributed by atoms with E-state index in [0.717, 1.165) is 34.7 Å². The van der Waals surface area contributed by atoms with E-state index in [1.54, 1.807) is 11.3 Å². The van der Waals surface area contributed by atoms with E-state index in [-0.39, 0.29) is 36.5 Å². The zero-order valence-corrected chi connectivity index (χ0v) is 19.0. The van der Waals surface area contributed by atoms with Crippen LogP contribution in [0.5, 0.6) is 0 Å². The Morgan fingerprint density at radius 3 is 2.74 bits per heavy atom. The van der Waals surface area contributed by atoms with Gasteiger partial charge in [-0.3, -0.25) is 9.59 Å². The van der Waals surface area contributed by atoms with Crippen molar-refractivity contribution < 1.29 is 19.1 Å². The predicted molar refractivity (Wildman–Crippen MR) is 121 cm³/mol. The summed E-state index contributed by atoms with van der Waals surface area (Å²) in [7, 11) is 0. The number of rotatable bonds is 2. The molecule has 1 fully saturated rings. The van der Waals surface area contributed by atoms with Gasteiger partial charge in [0.05, 0.1) is 16.8 Å². The second-order valence-corrected chi connectivity index (χ2v) is 9.54. The van der Waals surface area contributed by atoms with Crippen molar-refractivity contribution in [2.24, 2.45) is 0 Å². The van der Waals surface area contributed by atoms with Gasteiger partial charge in [-0.05, 0) is 55.9 Å². The van der Waals surface area contributed by atoms with Gasteiger partial charge in [0.1, 0.15) is 18.0 Å². The smallest absolute Gasteiger partial charge is 0.306 e. The van der Waals surface area contributed by atoms with Crippen molar-refractivity contribution in [3.8, 4) is 0 Å². The van der Waals surface area contributed by atoms with Crippen molar-refractivity contribution in [2.75, 3.05) is 0 Å². The maximum atomic E-state index is 12.5. The monoisotopic (exact) mass is 439 g/mol. The van der Waals surface area contributed by atoms with Gasteiger partial charge in [-0.25, -0.2) is 4.98 Å². The van der Waals surface area contributed by atoms with Gasteiger partial charge in [-0.1, -0.05) is 24.3 Å². The van der Waals surface area contributed by atoms with E-state index in [1.165, 1.54) is 5.56 Å². The maximum absolute atomic E-state index is 12.5. The molecule has 0 aliphatic carbocycles. The first-order chi connectivity index (χ1) is 15.0. The van der Waals surface area contributed by atoms with Crippen LogP contribution in [0.3, 0.4) is 0 Å². The average Bonchev–Trinajstić information content (AvgIpc) is 3.39. The van der Waals surface area contributed by atoms with E-state index >= 15 is 0 Å². The summed E-state index contributed by atoms with van der Waals surface area (Å²) in [5.74, 6) is -0.0422. The minimum Gasteiger partial charge on any atom is -0.458 e. The Labute approximate surface area is 187 Å². The molecule has 2 aliphatic rings. The van der Waals surface area contributed by atoms with Crippen LogP contribution < -0.4 is 0 Å². The summed E-state index contributed by atoms with van der Waals surface area (Å²) in [6, 6.07) is 8.44. The molecule has 31 heavy (non-hydrogen) atoms. The molecule has 0 N–H and O–H groups in total. The Bertz CT molecular complexity index is 979. The molecule has 4 rings (SSSR count). The van der Waals surface area contributed by atoms with Gasteiger partial charge in [-0.2, -0.15) is 0 Å². The Morgan fingerprint density at radius 2 is 1.97 bits per heavy atom. The summed E-state index contributed by atoms with van der Waals surface area (Å²) >= 11 is 1.60. The number of thiazole rings is 1. The van der Waals surface area contributed by atoms with Crippen molar-refractivity contribution in [1.29, 1.82) is 0 Å². The number of hydrogen-bond donors (Lipinski definition) is 0. The highest BCUT2D eigenvalue weighted by atomic mass is 32.1. The number of aryl methyl sites for hydroxylation is 2. The molecule has 1 aromatic heterocycles. The van der Waals surface area contributed by atoms with Gasteiger partial charge in [0.2, 0.25) is 0 Å². The third-order valence-corrected chi connectivity index (χ3v) is 6.65. The number of ketones is 1. The Balaban J connectivity index is 1.53. The molecule has 1 aromatic carbocycles. The van der Waals surface area contributed by atoms with E-state index in [2.05, 4.69) is 29.2 Å². The first-order valence-corrected chi connectivity index (χ1v) is 11.9. The van der Waals surface area contributed by atoms with Crippen LogP contribution in [0.25, 0.3) is 6.08 Å². The minimum atomic E-state index is -0.365. The summed E-state index contributed by atoms with van der Waals surface area (Å²) in [5.41, 5.74) is 4.24. The molecule has 2 aromatic rings. The molecule has 164 valence electrons. The van der Waals surface area contributed by atoms with Crippen molar-refractivity contribution in [3.63, 3.8) is 0 Å². The molecular formula is C25H29NO4S. The first kappa shape index (κ1) is 21.9. The lowest BCUT2D eigenvalue weighted by Gasteiger charge is -2.18. The number of aromatic nitrogens is 1. The second-order valence-electron chi connectivity index (χ2n) is 8.48. The highest BCUT2D eigenvalue weighted by molar-refractivity contribution is 7.09. The number of ether oxygens (including phenoxy) is 2. The van der Waals surface area contributed by atoms with E-state index < -0.39 is 0 Å². The molecular weight excluding hydrogens is 410 g/mol. The number of carbonyl (C=O) groups excluding carboxylic acids is 2. The van der Waals surface area contributed by atoms with Crippen molar-refractivity contribution >= 4 is 29.2 Å². The summed E-state index contributed by atoms with van der Waals surface area (Å²) in [5, 5.41) is 3.01. The Morgan fingerprint density at radius 1 is 1.16 bits per heavy atom. The SMILES string of the molecule is CC(=Cc1csc(C)n1)C1CC2OC2c2cccc(c2)CCCC(=O)CCCC(=O)O1. The summed E-state index contributed by atoms with van der Waals surface area (Å²) in [4.78, 5) is 29.2. The number of esters is 1. The summed E-state index contributed by atoms with van der Waals surface area (Å²) in [6.45, 7) is 3.95. The molecule has 3 unspecified atom stereocenters. The molecule has 0 radical (unpaired) electrons. The van der Waals surface area contributed by atoms with Gasteiger partial charge in [0, 0.05) is 31.1 Å². The number of Topliss-reactive ketones (excluding diaryl/α,β-unsaturated/α-hetero) is 1. The fraction of sp³-hybridized carbons (Fsp3) is 0.480. The van der Waals surface area contributed by atoms with Crippen LogP contribution in [0.1, 0.15) is 73.4 Å². The summed E-state index contributed by atoms with van der Waals surface area (Å²) < 4.78 is 11.8. The normalized spacial score (nSPS) is 25.6. The third-order valence-electron chi connectivity index (χ3n) is 5.86. The highest BCUT2D eigenvalue weighted by Crippen LogP contribution is 2.43. The molecule has 2 aliphatic heterocycles. The predicted octanol–water partition coefficient (Wildman–Crippen LogP) is 5.37. The molecule has 0 spiro atoms. The zero-order chi connectivity index (χ0) is 21.8. The lowest BCUT2D eigenvalue weighted by Crippen LogP contribution is -2.22. The number of fused-ring (bicyclic) bond motifs is 4. The number of benzene rings is 1. The van der Waals surface area contributed by atoms with Crippen LogP contribution in [0.2, 0.25) is 0 Å². The Kier molecular flexibility index (Phi) is 6.98. The van der Waals surface area contributed by atoms with Crippen molar-refractivity contribution in [1.82, 2.24) is 4.98 Å². The van der Waals surface area contributed by atoms with Crippen molar-refractivity contribution in [3.05, 3.63) is 57.0 Å². The van der Waals surface area contributed by atoms with E-state index in [1.807, 2.05) is 25.3 Å². The number of cyclic esters (lactones) is 1. The van der Waals surface area contributed by atoms with Crippen LogP contribution in [0.4, 0.5) is 0 Å². The number of epoxide rings is 1. The lowest BCUT2D eigenvalue weighted by atomic mass is 9.98. The molecule has 2 bridgehead atoms. The van der Waals surface area contributed by atoms with E-state index in [9.17, 15) is 9.59 Å². The third kappa shape index (κ3) is 6.11. The average molecular weight is 440 g/mol. The van der Waals surface area contributed by atoms with Crippen LogP contribution in [-0.2, 0) is 25.5 Å². The van der Waals surface area contributed by atoms with Crippen LogP contribution >= 0.6 is 11.3 Å². The number of nitrogens with zero attached hydrogens (tertiary/aromatic N) is 1. The zero-order valence-electron chi connectivity index (χ0n) is 18.1. The fourth-order valence-corrected chi connectivity index (χ4v) is 4.68. The minimum absolute atomic E-state index is 0.0306. The topological polar surface area (TPSA) is 68.8 Å². The number of hydrogen-bond acceptors (Lipinski definition) is 6. The van der Waals surface area contributed by atoms with E-state index in [0.29, 0.717) is 25.7 Å². The quantitative estimate of drug-likeness (QED) is 0.465. The van der Waals surface area contributed by atoms with Gasteiger partial charge in [0.15, 0.2) is 0 Å². The molecule has 5 nitrogen and oxygen atoms in total. The maximum Gasteiger partial charge on any atom is 0.306 e. The largest absolute Gasteiger partial charge is 0.458 e. The van der Waals surface area contributed by atoms with Gasteiger partial charge < -0.3 is 9.47 Å². The Hall–Kier alpha value is -2.31. The van der Waals surface area contributed by atoms with Gasteiger partial charge in [-0.15, -0.1) is 11.3 Å². The lowest BCUT2D eigenvalue weighted by molar-refractivity contribution is -0.147. The highest BCUT2D eigenvalue weighted by Gasteiger charge is 2.42. The van der Waals surface area contributed by atoms with E-state index in [4.69, 9.17) is 9.47 Å². The van der Waals surface area contributed by atoms with Gasteiger partial charge >= 0.3 is 5.97 Å². The molecule has 6 heteroatoms. The first-order valence-electron chi connectivity index (χ1n) is 11.0. The molecule has 3 heterocycles. The van der Waals surface area contributed by atoms with Crippen LogP contribution in [0.15, 0.2) is 35.2 Å². The summed E-state index contributed by atoms with van der Waals surface area (Å²) in [6.07, 6.45) is 5.81. The molecule has 3 atom stereocenters. The molecule has 0 amide bonds. The molecule has 0 saturated carbocycles.